The lowest BCUT2D eigenvalue weighted by atomic mass is 9.91. The molecular weight excluding hydrogens is 396 g/mol. The number of carboxylic acid groups (broad SMARTS) is 1. The number of aromatic nitrogens is 3. The van der Waals surface area contributed by atoms with E-state index in [4.69, 9.17) is 9.47 Å². The molecule has 164 valence electrons. The molecule has 1 aromatic heterocycles. The number of hydrogen-bond donors (Lipinski definition) is 2. The fraction of sp³-hybridized carbons (Fsp3) is 0.435. The van der Waals surface area contributed by atoms with E-state index in [0.717, 1.165) is 52.9 Å². The van der Waals surface area contributed by atoms with Crippen LogP contribution in [0.3, 0.4) is 0 Å². The van der Waals surface area contributed by atoms with Gasteiger partial charge < -0.3 is 14.6 Å². The van der Waals surface area contributed by atoms with Crippen molar-refractivity contribution >= 4 is 17.0 Å². The second-order valence-corrected chi connectivity index (χ2v) is 7.92. The van der Waals surface area contributed by atoms with E-state index in [1.165, 1.54) is 0 Å². The standard InChI is InChI=1S/C23H28N4O4/c1-4-31-17-9-10-27(19(12-17)15-5-7-16(8-6-15)23(28)29)13-18-20(30-3)11-14(2)21-22(18)25-26-24-21/h5-8,11,17,19H,4,9-10,12-13H2,1-3H3,(H,28,29)(H,24,25,26)/t17-,19-/m0/s1. The van der Waals surface area contributed by atoms with Gasteiger partial charge in [-0.05, 0) is 56.0 Å². The Labute approximate surface area is 181 Å². The van der Waals surface area contributed by atoms with Crippen molar-refractivity contribution in [1.29, 1.82) is 0 Å². The van der Waals surface area contributed by atoms with E-state index in [1.807, 2.05) is 32.0 Å². The van der Waals surface area contributed by atoms with Crippen LogP contribution >= 0.6 is 0 Å². The van der Waals surface area contributed by atoms with Gasteiger partial charge in [-0.25, -0.2) is 4.79 Å². The maximum atomic E-state index is 11.3. The lowest BCUT2D eigenvalue weighted by Crippen LogP contribution is -2.39. The van der Waals surface area contributed by atoms with Crippen LogP contribution in [0.25, 0.3) is 11.0 Å². The van der Waals surface area contributed by atoms with Gasteiger partial charge in [0.1, 0.15) is 11.3 Å². The molecule has 2 atom stereocenters. The number of methoxy groups -OCH3 is 1. The van der Waals surface area contributed by atoms with Crippen LogP contribution in [0.15, 0.2) is 30.3 Å². The molecular formula is C23H28N4O4. The molecule has 2 N–H and O–H groups in total. The highest BCUT2D eigenvalue weighted by atomic mass is 16.5. The highest BCUT2D eigenvalue weighted by Gasteiger charge is 2.31. The Morgan fingerprint density at radius 2 is 2.10 bits per heavy atom. The summed E-state index contributed by atoms with van der Waals surface area (Å²) in [4.78, 5) is 13.7. The first-order chi connectivity index (χ1) is 15.0. The maximum Gasteiger partial charge on any atom is 0.335 e. The van der Waals surface area contributed by atoms with Gasteiger partial charge in [0.15, 0.2) is 0 Å². The third-order valence-corrected chi connectivity index (χ3v) is 6.06. The second-order valence-electron chi connectivity index (χ2n) is 7.92. The number of hydrogen-bond acceptors (Lipinski definition) is 6. The summed E-state index contributed by atoms with van der Waals surface area (Å²) in [6.07, 6.45) is 1.96. The van der Waals surface area contributed by atoms with Gasteiger partial charge in [-0.2, -0.15) is 0 Å². The van der Waals surface area contributed by atoms with Crippen molar-refractivity contribution in [3.8, 4) is 5.75 Å². The van der Waals surface area contributed by atoms with Gasteiger partial charge in [-0.1, -0.05) is 17.3 Å². The van der Waals surface area contributed by atoms with Gasteiger partial charge in [-0.3, -0.25) is 10.00 Å². The van der Waals surface area contributed by atoms with E-state index in [1.54, 1.807) is 19.2 Å². The topological polar surface area (TPSA) is 101 Å². The molecule has 8 heteroatoms. The lowest BCUT2D eigenvalue weighted by Gasteiger charge is -2.40. The van der Waals surface area contributed by atoms with Gasteiger partial charge in [-0.15, -0.1) is 5.10 Å². The number of benzene rings is 2. The average molecular weight is 425 g/mol. The van der Waals surface area contributed by atoms with E-state index in [9.17, 15) is 9.90 Å². The van der Waals surface area contributed by atoms with E-state index in [-0.39, 0.29) is 17.7 Å². The Balaban J connectivity index is 1.69. The minimum atomic E-state index is -0.919. The van der Waals surface area contributed by atoms with Crippen molar-refractivity contribution in [3.63, 3.8) is 0 Å². The molecule has 4 rings (SSSR count). The maximum absolute atomic E-state index is 11.3. The highest BCUT2D eigenvalue weighted by Crippen LogP contribution is 2.37. The number of piperidine rings is 1. The van der Waals surface area contributed by atoms with Gasteiger partial charge in [0.05, 0.1) is 24.3 Å². The van der Waals surface area contributed by atoms with Crippen molar-refractivity contribution in [2.75, 3.05) is 20.3 Å². The summed E-state index contributed by atoms with van der Waals surface area (Å²) in [5.74, 6) is -0.122. The van der Waals surface area contributed by atoms with Crippen molar-refractivity contribution in [3.05, 3.63) is 52.6 Å². The van der Waals surface area contributed by atoms with E-state index >= 15 is 0 Å². The SMILES string of the molecule is CCO[C@H]1CCN(Cc2c(OC)cc(C)c3[nH]nnc23)[C@H](c2ccc(C(=O)O)cc2)C1. The number of carboxylic acids is 1. The first-order valence-electron chi connectivity index (χ1n) is 10.6. The zero-order valence-electron chi connectivity index (χ0n) is 18.1. The number of H-pyrrole nitrogens is 1. The van der Waals surface area contributed by atoms with Crippen LogP contribution in [-0.4, -0.2) is 57.8 Å². The van der Waals surface area contributed by atoms with Crippen molar-refractivity contribution in [2.45, 2.75) is 45.4 Å². The molecule has 1 saturated heterocycles. The van der Waals surface area contributed by atoms with E-state index in [0.29, 0.717) is 13.2 Å². The number of ether oxygens (including phenoxy) is 2. The first-order valence-corrected chi connectivity index (χ1v) is 10.6. The number of rotatable bonds is 7. The number of nitrogens with zero attached hydrogens (tertiary/aromatic N) is 3. The van der Waals surface area contributed by atoms with Crippen molar-refractivity contribution in [1.82, 2.24) is 20.3 Å². The lowest BCUT2D eigenvalue weighted by molar-refractivity contribution is -0.0138. The third kappa shape index (κ3) is 4.26. The van der Waals surface area contributed by atoms with Crippen LogP contribution < -0.4 is 4.74 Å². The zero-order chi connectivity index (χ0) is 22.0. The Hall–Kier alpha value is -2.97. The van der Waals surface area contributed by atoms with Crippen LogP contribution in [0.4, 0.5) is 0 Å². The highest BCUT2D eigenvalue weighted by molar-refractivity contribution is 5.87. The van der Waals surface area contributed by atoms with E-state index < -0.39 is 5.97 Å². The van der Waals surface area contributed by atoms with Crippen LogP contribution in [-0.2, 0) is 11.3 Å². The first kappa shape index (κ1) is 21.3. The Morgan fingerprint density at radius 1 is 1.32 bits per heavy atom. The summed E-state index contributed by atoms with van der Waals surface area (Å²) in [7, 11) is 1.67. The number of aromatic amines is 1. The van der Waals surface area contributed by atoms with Gasteiger partial charge in [0, 0.05) is 31.3 Å². The molecule has 0 aliphatic carbocycles. The van der Waals surface area contributed by atoms with E-state index in [2.05, 4.69) is 20.3 Å². The smallest absolute Gasteiger partial charge is 0.335 e. The monoisotopic (exact) mass is 424 g/mol. The van der Waals surface area contributed by atoms with Crippen LogP contribution in [0.5, 0.6) is 5.75 Å². The Kier molecular flexibility index (Phi) is 6.20. The summed E-state index contributed by atoms with van der Waals surface area (Å²) in [6, 6.07) is 9.27. The van der Waals surface area contributed by atoms with Gasteiger partial charge in [0.25, 0.3) is 0 Å². The molecule has 1 aliphatic rings. The van der Waals surface area contributed by atoms with Gasteiger partial charge >= 0.3 is 5.97 Å². The molecule has 0 bridgehead atoms. The molecule has 0 amide bonds. The fourth-order valence-corrected chi connectivity index (χ4v) is 4.48. The number of carbonyl (C=O) groups is 1. The van der Waals surface area contributed by atoms with Crippen molar-refractivity contribution < 1.29 is 19.4 Å². The summed E-state index contributed by atoms with van der Waals surface area (Å²) < 4.78 is 11.6. The summed E-state index contributed by atoms with van der Waals surface area (Å²) >= 11 is 0. The average Bonchev–Trinajstić information content (AvgIpc) is 3.27. The summed E-state index contributed by atoms with van der Waals surface area (Å²) in [6.45, 7) is 6.21. The summed E-state index contributed by atoms with van der Waals surface area (Å²) in [5.41, 5.74) is 5.15. The Morgan fingerprint density at radius 3 is 2.77 bits per heavy atom. The van der Waals surface area contributed by atoms with Crippen LogP contribution in [0.1, 0.15) is 52.9 Å². The second kappa shape index (κ2) is 9.03. The molecule has 31 heavy (non-hydrogen) atoms. The normalized spacial score (nSPS) is 19.6. The third-order valence-electron chi connectivity index (χ3n) is 6.06. The molecule has 1 fully saturated rings. The molecule has 2 heterocycles. The fourth-order valence-electron chi connectivity index (χ4n) is 4.48. The quantitative estimate of drug-likeness (QED) is 0.596. The largest absolute Gasteiger partial charge is 0.496 e. The number of aryl methyl sites for hydroxylation is 1. The number of likely N-dealkylation sites (tertiary alicyclic amines) is 1. The predicted octanol–water partition coefficient (Wildman–Crippen LogP) is 3.72. The van der Waals surface area contributed by atoms with Gasteiger partial charge in [0.2, 0.25) is 0 Å². The number of nitrogens with one attached hydrogen (secondary N) is 1. The predicted molar refractivity (Wildman–Crippen MR) is 116 cm³/mol. The molecule has 0 unspecified atom stereocenters. The number of fused-ring (bicyclic) bond motifs is 1. The molecule has 0 spiro atoms. The number of aromatic carboxylic acids is 1. The summed E-state index contributed by atoms with van der Waals surface area (Å²) in [5, 5.41) is 20.6. The molecule has 1 aliphatic heterocycles. The zero-order valence-corrected chi connectivity index (χ0v) is 18.1. The minimum absolute atomic E-state index is 0.0982. The molecule has 0 saturated carbocycles. The molecule has 2 aromatic carbocycles. The minimum Gasteiger partial charge on any atom is -0.496 e. The Bertz CT molecular complexity index is 1060. The molecule has 0 radical (unpaired) electrons. The van der Waals surface area contributed by atoms with Crippen LogP contribution in [0.2, 0.25) is 0 Å². The molecule has 3 aromatic rings. The molecule has 8 nitrogen and oxygen atoms in total. The van der Waals surface area contributed by atoms with Crippen LogP contribution in [0, 0.1) is 6.92 Å². The van der Waals surface area contributed by atoms with Crippen molar-refractivity contribution in [2.24, 2.45) is 0 Å².